The monoisotopic (exact) mass is 450 g/mol. The first-order chi connectivity index (χ1) is 14.3. The first kappa shape index (κ1) is 21.5. The third-order valence-corrected chi connectivity index (χ3v) is 5.12. The molecule has 0 saturated carbocycles. The average Bonchev–Trinajstić information content (AvgIpc) is 2.73. The van der Waals surface area contributed by atoms with Gasteiger partial charge in [-0.05, 0) is 30.3 Å². The molecule has 10 heteroatoms. The van der Waals surface area contributed by atoms with Crippen molar-refractivity contribution in [1.82, 2.24) is 5.32 Å². The van der Waals surface area contributed by atoms with E-state index in [2.05, 4.69) is 5.32 Å². The fraction of sp³-hybridized carbons (Fsp3) is 0.150. The summed E-state index contributed by atoms with van der Waals surface area (Å²) in [6.07, 6.45) is 1.29. The topological polar surface area (TPSA) is 94.2 Å². The zero-order chi connectivity index (χ0) is 22.0. The van der Waals surface area contributed by atoms with Gasteiger partial charge in [0.15, 0.2) is 11.5 Å². The Labute approximate surface area is 181 Å². The highest BCUT2D eigenvalue weighted by atomic mass is 35.5. The van der Waals surface area contributed by atoms with E-state index in [1.165, 1.54) is 45.6 Å². The molecule has 0 aromatic heterocycles. The Morgan fingerprint density at radius 2 is 1.63 bits per heavy atom. The molecule has 2 aromatic carbocycles. The lowest BCUT2D eigenvalue weighted by atomic mass is 10.0. The molecule has 1 aliphatic rings. The van der Waals surface area contributed by atoms with Gasteiger partial charge in [0.1, 0.15) is 5.57 Å². The zero-order valence-corrected chi connectivity index (χ0v) is 17.6. The second-order valence-electron chi connectivity index (χ2n) is 5.95. The lowest BCUT2D eigenvalue weighted by Gasteiger charge is -2.27. The molecule has 0 atom stereocenters. The van der Waals surface area contributed by atoms with Crippen LogP contribution >= 0.6 is 23.2 Å². The van der Waals surface area contributed by atoms with Gasteiger partial charge in [-0.15, -0.1) is 0 Å². The van der Waals surface area contributed by atoms with Gasteiger partial charge in [0.2, 0.25) is 5.75 Å². The number of carbonyl (C=O) groups is 3. The smallest absolute Gasteiger partial charge is 0.336 e. The van der Waals surface area contributed by atoms with Crippen LogP contribution in [0, 0.1) is 0 Å². The molecule has 2 aromatic rings. The molecule has 1 fully saturated rings. The minimum absolute atomic E-state index is 0.0000583. The maximum atomic E-state index is 13.1. The summed E-state index contributed by atoms with van der Waals surface area (Å²) in [5.74, 6) is -0.808. The van der Waals surface area contributed by atoms with Crippen LogP contribution in [0.1, 0.15) is 5.56 Å². The number of carbonyl (C=O) groups excluding carboxylic acids is 3. The molecule has 30 heavy (non-hydrogen) atoms. The van der Waals surface area contributed by atoms with E-state index in [4.69, 9.17) is 37.4 Å². The number of amides is 4. The SMILES string of the molecule is COc1ccc(/C=C2\C(=O)NC(=O)N(c3cccc(Cl)c3Cl)C2=O)c(OC)c1OC. The number of hydrogen-bond donors (Lipinski definition) is 1. The van der Waals surface area contributed by atoms with E-state index in [1.807, 2.05) is 0 Å². The van der Waals surface area contributed by atoms with E-state index in [-0.39, 0.29) is 32.8 Å². The van der Waals surface area contributed by atoms with Gasteiger partial charge < -0.3 is 14.2 Å². The second kappa shape index (κ2) is 8.64. The van der Waals surface area contributed by atoms with Gasteiger partial charge in [-0.25, -0.2) is 9.69 Å². The van der Waals surface area contributed by atoms with Crippen molar-refractivity contribution in [1.29, 1.82) is 0 Å². The van der Waals surface area contributed by atoms with Crippen LogP contribution in [0.2, 0.25) is 10.0 Å². The van der Waals surface area contributed by atoms with Crippen LogP contribution < -0.4 is 24.4 Å². The van der Waals surface area contributed by atoms with Crippen molar-refractivity contribution < 1.29 is 28.6 Å². The van der Waals surface area contributed by atoms with Crippen LogP contribution in [-0.4, -0.2) is 39.2 Å². The number of hydrogen-bond acceptors (Lipinski definition) is 6. The van der Waals surface area contributed by atoms with Gasteiger partial charge in [0.25, 0.3) is 11.8 Å². The van der Waals surface area contributed by atoms with Crippen LogP contribution in [0.3, 0.4) is 0 Å². The third-order valence-electron chi connectivity index (χ3n) is 4.31. The number of ether oxygens (including phenoxy) is 3. The molecular weight excluding hydrogens is 435 g/mol. The minimum Gasteiger partial charge on any atom is -0.493 e. The van der Waals surface area contributed by atoms with Crippen molar-refractivity contribution in [3.05, 3.63) is 51.5 Å². The normalized spacial score (nSPS) is 15.3. The van der Waals surface area contributed by atoms with Crippen LogP contribution in [0.25, 0.3) is 6.08 Å². The molecule has 0 radical (unpaired) electrons. The van der Waals surface area contributed by atoms with Crippen molar-refractivity contribution in [2.24, 2.45) is 0 Å². The lowest BCUT2D eigenvalue weighted by Crippen LogP contribution is -2.54. The Morgan fingerprint density at radius 1 is 0.933 bits per heavy atom. The summed E-state index contributed by atoms with van der Waals surface area (Å²) in [4.78, 5) is 38.6. The standard InChI is InChI=1S/C20H16Cl2N2O6/c1-28-14-8-7-10(16(29-2)17(14)30-3)9-11-18(25)23-20(27)24(19(11)26)13-6-4-5-12(21)15(13)22/h4-9H,1-3H3,(H,23,25,27)/b11-9+. The number of imide groups is 2. The van der Waals surface area contributed by atoms with E-state index in [9.17, 15) is 14.4 Å². The van der Waals surface area contributed by atoms with Gasteiger partial charge in [-0.2, -0.15) is 0 Å². The summed E-state index contributed by atoms with van der Waals surface area (Å²) < 4.78 is 15.9. The minimum atomic E-state index is -0.939. The van der Waals surface area contributed by atoms with Gasteiger partial charge >= 0.3 is 6.03 Å². The molecule has 4 amide bonds. The molecule has 1 saturated heterocycles. The molecule has 0 unspecified atom stereocenters. The highest BCUT2D eigenvalue weighted by Crippen LogP contribution is 2.41. The number of nitrogens with zero attached hydrogens (tertiary/aromatic N) is 1. The average molecular weight is 451 g/mol. The van der Waals surface area contributed by atoms with Crippen LogP contribution in [0.15, 0.2) is 35.9 Å². The van der Waals surface area contributed by atoms with E-state index >= 15 is 0 Å². The fourth-order valence-corrected chi connectivity index (χ4v) is 3.31. The van der Waals surface area contributed by atoms with Crippen molar-refractivity contribution >= 4 is 52.8 Å². The van der Waals surface area contributed by atoms with Gasteiger partial charge in [0, 0.05) is 5.56 Å². The largest absolute Gasteiger partial charge is 0.493 e. The van der Waals surface area contributed by atoms with Crippen LogP contribution in [-0.2, 0) is 9.59 Å². The van der Waals surface area contributed by atoms with Gasteiger partial charge in [0.05, 0.1) is 37.1 Å². The molecule has 3 rings (SSSR count). The number of methoxy groups -OCH3 is 3. The molecule has 1 aliphatic heterocycles. The fourth-order valence-electron chi connectivity index (χ4n) is 2.93. The Bertz CT molecular complexity index is 1080. The molecule has 8 nitrogen and oxygen atoms in total. The van der Waals surface area contributed by atoms with Crippen molar-refractivity contribution in [3.8, 4) is 17.2 Å². The van der Waals surface area contributed by atoms with Crippen LogP contribution in [0.5, 0.6) is 17.2 Å². The summed E-state index contributed by atoms with van der Waals surface area (Å²) in [5, 5.41) is 2.28. The highest BCUT2D eigenvalue weighted by molar-refractivity contribution is 6.46. The van der Waals surface area contributed by atoms with Crippen molar-refractivity contribution in [2.45, 2.75) is 0 Å². The molecular formula is C20H16Cl2N2O6. The molecule has 0 bridgehead atoms. The number of halogens is 2. The van der Waals surface area contributed by atoms with E-state index in [1.54, 1.807) is 12.1 Å². The molecule has 1 N–H and O–H groups in total. The summed E-state index contributed by atoms with van der Waals surface area (Å²) in [6.45, 7) is 0. The van der Waals surface area contributed by atoms with Gasteiger partial charge in [-0.3, -0.25) is 14.9 Å². The quantitative estimate of drug-likeness (QED) is 0.551. The molecule has 0 spiro atoms. The van der Waals surface area contributed by atoms with Crippen molar-refractivity contribution in [2.75, 3.05) is 26.2 Å². The van der Waals surface area contributed by atoms with E-state index in [0.717, 1.165) is 4.90 Å². The second-order valence-corrected chi connectivity index (χ2v) is 6.74. The summed E-state index contributed by atoms with van der Waals surface area (Å²) in [6, 6.07) is 6.72. The molecule has 0 aliphatic carbocycles. The maximum Gasteiger partial charge on any atom is 0.336 e. The zero-order valence-electron chi connectivity index (χ0n) is 16.1. The molecule has 156 valence electrons. The van der Waals surface area contributed by atoms with E-state index < -0.39 is 17.8 Å². The Hall–Kier alpha value is -3.23. The number of nitrogens with one attached hydrogen (secondary N) is 1. The highest BCUT2D eigenvalue weighted by Gasteiger charge is 2.38. The number of urea groups is 1. The third kappa shape index (κ3) is 3.67. The van der Waals surface area contributed by atoms with Crippen molar-refractivity contribution in [3.63, 3.8) is 0 Å². The number of benzene rings is 2. The Kier molecular flexibility index (Phi) is 6.19. The first-order valence-electron chi connectivity index (χ1n) is 8.48. The number of anilines is 1. The summed E-state index contributed by atoms with van der Waals surface area (Å²) in [7, 11) is 4.30. The predicted molar refractivity (Wildman–Crippen MR) is 112 cm³/mol. The van der Waals surface area contributed by atoms with Crippen LogP contribution in [0.4, 0.5) is 10.5 Å². The number of rotatable bonds is 5. The Morgan fingerprint density at radius 3 is 2.27 bits per heavy atom. The molecule has 1 heterocycles. The summed E-state index contributed by atoms with van der Waals surface area (Å²) >= 11 is 12.2. The van der Waals surface area contributed by atoms with Gasteiger partial charge in [-0.1, -0.05) is 29.3 Å². The predicted octanol–water partition coefficient (Wildman–Crippen LogP) is 3.69. The maximum absolute atomic E-state index is 13.1. The Balaban J connectivity index is 2.13. The lowest BCUT2D eigenvalue weighted by molar-refractivity contribution is -0.122. The van der Waals surface area contributed by atoms with E-state index in [0.29, 0.717) is 11.3 Å². The summed E-state index contributed by atoms with van der Waals surface area (Å²) in [5.41, 5.74) is 0.0978. The first-order valence-corrected chi connectivity index (χ1v) is 9.24. The number of barbiturate groups is 1.